The van der Waals surface area contributed by atoms with Crippen LogP contribution in [0.25, 0.3) is 0 Å². The number of methoxy groups -OCH3 is 1. The summed E-state index contributed by atoms with van der Waals surface area (Å²) >= 11 is 0. The van der Waals surface area contributed by atoms with Gasteiger partial charge in [-0.25, -0.2) is 8.42 Å². The Labute approximate surface area is 227 Å². The minimum Gasteiger partial charge on any atom is -0.497 e. The highest BCUT2D eigenvalue weighted by Gasteiger charge is 2.30. The lowest BCUT2D eigenvalue weighted by atomic mass is 9.95. The van der Waals surface area contributed by atoms with Gasteiger partial charge in [0.25, 0.3) is 5.91 Å². The van der Waals surface area contributed by atoms with Gasteiger partial charge in [-0.2, -0.15) is 4.31 Å². The van der Waals surface area contributed by atoms with Crippen molar-refractivity contribution in [1.29, 1.82) is 0 Å². The van der Waals surface area contributed by atoms with Crippen LogP contribution in [0.15, 0.2) is 94.3 Å². The minimum absolute atomic E-state index is 0.0168. The number of amides is 1. The summed E-state index contributed by atoms with van der Waals surface area (Å²) in [6.45, 7) is -0.163. The molecule has 1 aliphatic heterocycles. The Balaban J connectivity index is 1.41. The summed E-state index contributed by atoms with van der Waals surface area (Å²) in [6.07, 6.45) is 4.50. The molecule has 4 rings (SSSR count). The van der Waals surface area contributed by atoms with Crippen LogP contribution in [0.4, 0.5) is 0 Å². The van der Waals surface area contributed by atoms with E-state index in [-0.39, 0.29) is 48.8 Å². The zero-order valence-electron chi connectivity index (χ0n) is 21.6. The molecule has 0 aliphatic carbocycles. The number of ether oxygens (including phenoxy) is 3. The maximum Gasteiger partial charge on any atom is 0.286 e. The van der Waals surface area contributed by atoms with Crippen LogP contribution >= 0.6 is 0 Å². The molecule has 2 unspecified atom stereocenters. The van der Waals surface area contributed by atoms with Crippen molar-refractivity contribution in [2.24, 2.45) is 0 Å². The van der Waals surface area contributed by atoms with Crippen molar-refractivity contribution in [3.63, 3.8) is 0 Å². The number of nitrogens with zero attached hydrogens (tertiary/aromatic N) is 1. The Bertz CT molecular complexity index is 1330. The van der Waals surface area contributed by atoms with Crippen molar-refractivity contribution in [1.82, 2.24) is 9.62 Å². The van der Waals surface area contributed by atoms with Crippen LogP contribution in [0.1, 0.15) is 23.5 Å². The highest BCUT2D eigenvalue weighted by Crippen LogP contribution is 2.32. The van der Waals surface area contributed by atoms with Gasteiger partial charge < -0.3 is 29.1 Å². The number of nitrogens with one attached hydrogen (secondary N) is 1. The normalized spacial score (nSPS) is 17.4. The molecular formula is C28H32N2O8S. The zero-order valence-corrected chi connectivity index (χ0v) is 22.4. The topological polar surface area (TPSA) is 128 Å². The van der Waals surface area contributed by atoms with E-state index in [9.17, 15) is 18.3 Å². The number of sulfonamides is 1. The predicted molar refractivity (Wildman–Crippen MR) is 142 cm³/mol. The second-order valence-electron chi connectivity index (χ2n) is 8.82. The molecule has 1 aromatic heterocycles. The molecule has 11 heteroatoms. The SMILES string of the molecule is COc1ccc(S(=O)(=O)N(CCO)CCOC2CC(c3ccoc3)C=C(C(=O)NCc3ccccc3)O2)cc1. The minimum atomic E-state index is -3.89. The van der Waals surface area contributed by atoms with E-state index < -0.39 is 16.3 Å². The molecular weight excluding hydrogens is 524 g/mol. The van der Waals surface area contributed by atoms with Gasteiger partial charge in [-0.3, -0.25) is 4.79 Å². The van der Waals surface area contributed by atoms with Gasteiger partial charge in [0.15, 0.2) is 5.76 Å². The molecule has 1 amide bonds. The lowest BCUT2D eigenvalue weighted by molar-refractivity contribution is -0.146. The summed E-state index contributed by atoms with van der Waals surface area (Å²) in [7, 11) is -2.39. The third-order valence-corrected chi connectivity index (χ3v) is 8.15. The largest absolute Gasteiger partial charge is 0.497 e. The monoisotopic (exact) mass is 556 g/mol. The van der Waals surface area contributed by atoms with E-state index >= 15 is 0 Å². The molecule has 3 aromatic rings. The first kappa shape index (κ1) is 28.4. The fraction of sp³-hybridized carbons (Fsp3) is 0.321. The van der Waals surface area contributed by atoms with Gasteiger partial charge in [-0.15, -0.1) is 0 Å². The van der Waals surface area contributed by atoms with Crippen LogP contribution in [0.3, 0.4) is 0 Å². The number of hydrogen-bond acceptors (Lipinski definition) is 8. The van der Waals surface area contributed by atoms with Crippen LogP contribution in [0, 0.1) is 0 Å². The number of carbonyl (C=O) groups excluding carboxylic acids is 1. The number of hydrogen-bond donors (Lipinski definition) is 2. The molecule has 39 heavy (non-hydrogen) atoms. The predicted octanol–water partition coefficient (Wildman–Crippen LogP) is 3.02. The number of furan rings is 1. The van der Waals surface area contributed by atoms with E-state index in [1.807, 2.05) is 36.4 Å². The van der Waals surface area contributed by atoms with Crippen molar-refractivity contribution in [3.05, 3.63) is 96.2 Å². The average Bonchev–Trinajstić information content (AvgIpc) is 3.51. The van der Waals surface area contributed by atoms with Crippen molar-refractivity contribution < 1.29 is 36.9 Å². The van der Waals surface area contributed by atoms with Crippen molar-refractivity contribution in [2.45, 2.75) is 30.1 Å². The van der Waals surface area contributed by atoms with Gasteiger partial charge >= 0.3 is 0 Å². The Morgan fingerprint density at radius 2 is 1.87 bits per heavy atom. The van der Waals surface area contributed by atoms with E-state index in [1.54, 1.807) is 30.7 Å². The maximum atomic E-state index is 13.2. The van der Waals surface area contributed by atoms with Gasteiger partial charge in [-0.05, 0) is 47.5 Å². The van der Waals surface area contributed by atoms with Gasteiger partial charge in [0.05, 0.1) is 37.7 Å². The first-order valence-electron chi connectivity index (χ1n) is 12.5. The zero-order chi connectivity index (χ0) is 27.7. The summed E-state index contributed by atoms with van der Waals surface area (Å²) in [5, 5.41) is 12.4. The van der Waals surface area contributed by atoms with Gasteiger partial charge in [0.1, 0.15) is 5.75 Å². The summed E-state index contributed by atoms with van der Waals surface area (Å²) in [6, 6.07) is 17.3. The highest BCUT2D eigenvalue weighted by molar-refractivity contribution is 7.89. The first-order valence-corrected chi connectivity index (χ1v) is 13.9. The standard InChI is InChI=1S/C28H32N2O8S/c1-35-24-7-9-25(10-8-24)39(33,34)30(12-14-31)13-16-37-27-18-23(22-11-15-36-20-22)17-26(38-27)28(32)29-19-21-5-3-2-4-6-21/h2-11,15,17,20,23,27,31H,12-14,16,18-19H2,1H3,(H,29,32). The number of carbonyl (C=O) groups is 1. The fourth-order valence-corrected chi connectivity index (χ4v) is 5.56. The van der Waals surface area contributed by atoms with Crippen molar-refractivity contribution >= 4 is 15.9 Å². The number of allylic oxidation sites excluding steroid dienone is 1. The molecule has 2 aromatic carbocycles. The molecule has 0 radical (unpaired) electrons. The van der Waals surface area contributed by atoms with Crippen molar-refractivity contribution in [2.75, 3.05) is 33.4 Å². The van der Waals surface area contributed by atoms with Crippen molar-refractivity contribution in [3.8, 4) is 5.75 Å². The number of rotatable bonds is 13. The third kappa shape index (κ3) is 7.48. The number of benzene rings is 2. The van der Waals surface area contributed by atoms with E-state index in [0.717, 1.165) is 15.4 Å². The maximum absolute atomic E-state index is 13.2. The van der Waals surface area contributed by atoms with Gasteiger partial charge in [-0.1, -0.05) is 30.3 Å². The van der Waals surface area contributed by atoms with Gasteiger partial charge in [0, 0.05) is 32.0 Å². The summed E-state index contributed by atoms with van der Waals surface area (Å²) < 4.78 is 49.6. The molecule has 2 atom stereocenters. The lowest BCUT2D eigenvalue weighted by Gasteiger charge is -2.29. The van der Waals surface area contributed by atoms with E-state index in [1.165, 1.54) is 19.2 Å². The first-order chi connectivity index (χ1) is 18.9. The Morgan fingerprint density at radius 3 is 2.54 bits per heavy atom. The van der Waals surface area contributed by atoms with Crippen LogP contribution in [0.5, 0.6) is 5.75 Å². The average molecular weight is 557 g/mol. The van der Waals surface area contributed by atoms with Crippen LogP contribution in [-0.2, 0) is 30.8 Å². The molecule has 10 nitrogen and oxygen atoms in total. The molecule has 1 aliphatic rings. The van der Waals surface area contributed by atoms with E-state index in [0.29, 0.717) is 18.7 Å². The van der Waals surface area contributed by atoms with Crippen LogP contribution < -0.4 is 10.1 Å². The lowest BCUT2D eigenvalue weighted by Crippen LogP contribution is -2.38. The van der Waals surface area contributed by atoms with E-state index in [2.05, 4.69) is 5.32 Å². The van der Waals surface area contributed by atoms with Crippen LogP contribution in [0.2, 0.25) is 0 Å². The molecule has 0 saturated carbocycles. The number of aliphatic hydroxyl groups excluding tert-OH is 1. The van der Waals surface area contributed by atoms with Gasteiger partial charge in [0.2, 0.25) is 16.3 Å². The molecule has 2 heterocycles. The summed E-state index contributed by atoms with van der Waals surface area (Å²) in [5.74, 6) is 0.0666. The highest BCUT2D eigenvalue weighted by atomic mass is 32.2. The van der Waals surface area contributed by atoms with E-state index in [4.69, 9.17) is 18.6 Å². The molecule has 0 spiro atoms. The fourth-order valence-electron chi connectivity index (χ4n) is 4.15. The Morgan fingerprint density at radius 1 is 1.10 bits per heavy atom. The Hall–Kier alpha value is -3.64. The number of aliphatic hydroxyl groups is 1. The molecule has 0 bridgehead atoms. The Kier molecular flexibility index (Phi) is 9.77. The molecule has 0 fully saturated rings. The summed E-state index contributed by atoms with van der Waals surface area (Å²) in [5.41, 5.74) is 1.81. The third-order valence-electron chi connectivity index (χ3n) is 6.24. The second kappa shape index (κ2) is 13.4. The molecule has 2 N–H and O–H groups in total. The quantitative estimate of drug-likeness (QED) is 0.329. The molecule has 208 valence electrons. The summed E-state index contributed by atoms with van der Waals surface area (Å²) in [4.78, 5) is 13.0. The van der Waals surface area contributed by atoms with Crippen LogP contribution in [-0.4, -0.2) is 63.4 Å². The second-order valence-corrected chi connectivity index (χ2v) is 10.8. The molecule has 0 saturated heterocycles. The smallest absolute Gasteiger partial charge is 0.286 e.